The first-order valence-corrected chi connectivity index (χ1v) is 6.86. The van der Waals surface area contributed by atoms with Crippen LogP contribution >= 0.6 is 15.9 Å². The zero-order chi connectivity index (χ0) is 13.5. The van der Waals surface area contributed by atoms with Crippen molar-refractivity contribution in [2.75, 3.05) is 18.5 Å². The highest BCUT2D eigenvalue weighted by Gasteiger charge is 2.18. The number of aromatic nitrogens is 1. The van der Waals surface area contributed by atoms with Crippen molar-refractivity contribution in [3.05, 3.63) is 23.5 Å². The lowest BCUT2D eigenvalue weighted by atomic mass is 10.3. The second kappa shape index (κ2) is 7.20. The summed E-state index contributed by atoms with van der Waals surface area (Å²) in [7, 11) is 0. The van der Waals surface area contributed by atoms with Crippen molar-refractivity contribution in [2.24, 2.45) is 0 Å². The molecule has 1 aromatic heterocycles. The van der Waals surface area contributed by atoms with Gasteiger partial charge in [-0.1, -0.05) is 15.9 Å². The van der Waals surface area contributed by atoms with Gasteiger partial charge in [-0.2, -0.15) is 0 Å². The van der Waals surface area contributed by atoms with Gasteiger partial charge in [-0.3, -0.25) is 0 Å². The van der Waals surface area contributed by atoms with Gasteiger partial charge in [0, 0.05) is 18.1 Å². The smallest absolute Gasteiger partial charge is 0.354 e. The number of esters is 2. The number of hydrogen-bond donors (Lipinski definition) is 0. The highest BCUT2D eigenvalue weighted by Crippen LogP contribution is 2.12. The Labute approximate surface area is 114 Å². The molecule has 0 saturated carbocycles. The van der Waals surface area contributed by atoms with Gasteiger partial charge in [0.15, 0.2) is 0 Å². The highest BCUT2D eigenvalue weighted by molar-refractivity contribution is 9.09. The number of aryl methyl sites for hydroxylation is 1. The van der Waals surface area contributed by atoms with Crippen molar-refractivity contribution in [1.82, 2.24) is 4.57 Å². The van der Waals surface area contributed by atoms with Gasteiger partial charge in [0.1, 0.15) is 5.69 Å². The summed E-state index contributed by atoms with van der Waals surface area (Å²) >= 11 is 3.30. The maximum atomic E-state index is 11.7. The average molecular weight is 318 g/mol. The number of ether oxygens (including phenoxy) is 2. The SMILES string of the molecule is CCOC(=O)c1cc(C(=O)OCC)n(CCBr)c1. The number of nitrogens with zero attached hydrogens (tertiary/aromatic N) is 1. The van der Waals surface area contributed by atoms with Gasteiger partial charge in [-0.15, -0.1) is 0 Å². The van der Waals surface area contributed by atoms with Crippen LogP contribution in [0.5, 0.6) is 0 Å². The summed E-state index contributed by atoms with van der Waals surface area (Å²) < 4.78 is 11.5. The molecule has 0 atom stereocenters. The van der Waals surface area contributed by atoms with Crippen molar-refractivity contribution in [3.63, 3.8) is 0 Å². The molecule has 18 heavy (non-hydrogen) atoms. The summed E-state index contributed by atoms with van der Waals surface area (Å²) in [5.74, 6) is -0.870. The summed E-state index contributed by atoms with van der Waals surface area (Å²) in [6.45, 7) is 4.65. The molecule has 5 nitrogen and oxygen atoms in total. The van der Waals surface area contributed by atoms with Crippen molar-refractivity contribution in [1.29, 1.82) is 0 Å². The number of halogens is 1. The molecular formula is C12H16BrNO4. The normalized spacial score (nSPS) is 10.2. The molecule has 0 unspecified atom stereocenters. The van der Waals surface area contributed by atoms with E-state index in [1.54, 1.807) is 24.6 Å². The van der Waals surface area contributed by atoms with Crippen LogP contribution in [0.3, 0.4) is 0 Å². The second-order valence-corrected chi connectivity index (χ2v) is 4.23. The van der Waals surface area contributed by atoms with Crippen molar-refractivity contribution >= 4 is 27.9 Å². The second-order valence-electron chi connectivity index (χ2n) is 3.44. The van der Waals surface area contributed by atoms with E-state index in [1.165, 1.54) is 6.07 Å². The predicted octanol–water partition coefficient (Wildman–Crippen LogP) is 2.24. The summed E-state index contributed by atoms with van der Waals surface area (Å²) in [6, 6.07) is 1.50. The van der Waals surface area contributed by atoms with Crippen molar-refractivity contribution in [3.8, 4) is 0 Å². The van der Waals surface area contributed by atoms with E-state index < -0.39 is 11.9 Å². The minimum atomic E-state index is -0.436. The summed E-state index contributed by atoms with van der Waals surface area (Å²) in [5.41, 5.74) is 0.722. The fraction of sp³-hybridized carbons (Fsp3) is 0.500. The maximum Gasteiger partial charge on any atom is 0.354 e. The fourth-order valence-corrected chi connectivity index (χ4v) is 1.87. The van der Waals surface area contributed by atoms with E-state index in [0.717, 1.165) is 0 Å². The van der Waals surface area contributed by atoms with Gasteiger partial charge in [0.05, 0.1) is 18.8 Å². The van der Waals surface area contributed by atoms with Gasteiger partial charge in [0.2, 0.25) is 0 Å². The fourth-order valence-electron chi connectivity index (χ4n) is 1.49. The molecule has 0 aliphatic carbocycles. The van der Waals surface area contributed by atoms with Crippen molar-refractivity contribution in [2.45, 2.75) is 20.4 Å². The summed E-state index contributed by atoms with van der Waals surface area (Å²) in [5, 5.41) is 0.677. The first-order valence-electron chi connectivity index (χ1n) is 5.74. The Kier molecular flexibility index (Phi) is 5.91. The largest absolute Gasteiger partial charge is 0.462 e. The summed E-state index contributed by atoms with van der Waals surface area (Å²) in [6.07, 6.45) is 1.60. The molecule has 0 aliphatic heterocycles. The molecule has 6 heteroatoms. The van der Waals surface area contributed by atoms with Crippen LogP contribution in [-0.2, 0) is 16.0 Å². The molecule has 0 fully saturated rings. The number of hydrogen-bond acceptors (Lipinski definition) is 4. The lowest BCUT2D eigenvalue weighted by molar-refractivity contribution is 0.0512. The van der Waals surface area contributed by atoms with Gasteiger partial charge in [0.25, 0.3) is 0 Å². The Hall–Kier alpha value is -1.30. The summed E-state index contributed by atoms with van der Waals surface area (Å²) in [4.78, 5) is 23.3. The Bertz CT molecular complexity index is 428. The molecule has 1 aromatic rings. The van der Waals surface area contributed by atoms with E-state index in [2.05, 4.69) is 15.9 Å². The Morgan fingerprint density at radius 2 is 1.83 bits per heavy atom. The quantitative estimate of drug-likeness (QED) is 0.596. The van der Waals surface area contributed by atoms with Gasteiger partial charge < -0.3 is 14.0 Å². The topological polar surface area (TPSA) is 57.5 Å². The molecule has 1 heterocycles. The average Bonchev–Trinajstić information content (AvgIpc) is 2.74. The number of alkyl halides is 1. The minimum absolute atomic E-state index is 0.299. The van der Waals surface area contributed by atoms with Crippen LogP contribution in [0, 0.1) is 0 Å². The molecule has 0 spiro atoms. The third kappa shape index (κ3) is 3.60. The van der Waals surface area contributed by atoms with Crippen LogP contribution in [0.25, 0.3) is 0 Å². The van der Waals surface area contributed by atoms with Gasteiger partial charge >= 0.3 is 11.9 Å². The number of rotatable bonds is 6. The zero-order valence-corrected chi connectivity index (χ0v) is 12.0. The van der Waals surface area contributed by atoms with Crippen LogP contribution in [0.15, 0.2) is 12.3 Å². The van der Waals surface area contributed by atoms with Crippen LogP contribution in [-0.4, -0.2) is 35.0 Å². The van der Waals surface area contributed by atoms with Crippen LogP contribution in [0.1, 0.15) is 34.7 Å². The molecule has 0 bridgehead atoms. The molecule has 0 aliphatic rings. The minimum Gasteiger partial charge on any atom is -0.462 e. The van der Waals surface area contributed by atoms with Crippen LogP contribution in [0.4, 0.5) is 0 Å². The monoisotopic (exact) mass is 317 g/mol. The van der Waals surface area contributed by atoms with E-state index in [0.29, 0.717) is 36.3 Å². The van der Waals surface area contributed by atoms with E-state index in [1.807, 2.05) is 0 Å². The van der Waals surface area contributed by atoms with E-state index in [9.17, 15) is 9.59 Å². The standard InChI is InChI=1S/C12H16BrNO4/c1-3-17-11(15)9-7-10(12(16)18-4-2)14(8-9)6-5-13/h7-8H,3-6H2,1-2H3. The molecule has 0 N–H and O–H groups in total. The Balaban J connectivity index is 3.00. The van der Waals surface area contributed by atoms with Crippen LogP contribution in [0.2, 0.25) is 0 Å². The highest BCUT2D eigenvalue weighted by atomic mass is 79.9. The van der Waals surface area contributed by atoms with Gasteiger partial charge in [-0.25, -0.2) is 9.59 Å². The first-order chi connectivity index (χ1) is 8.63. The van der Waals surface area contributed by atoms with Gasteiger partial charge in [-0.05, 0) is 19.9 Å². The zero-order valence-electron chi connectivity index (χ0n) is 10.4. The lowest BCUT2D eigenvalue weighted by Gasteiger charge is -2.05. The predicted molar refractivity (Wildman–Crippen MR) is 70.1 cm³/mol. The number of carbonyl (C=O) groups excluding carboxylic acids is 2. The maximum absolute atomic E-state index is 11.7. The molecule has 0 aromatic carbocycles. The van der Waals surface area contributed by atoms with Crippen LogP contribution < -0.4 is 0 Å². The Morgan fingerprint density at radius 1 is 1.22 bits per heavy atom. The third-order valence-electron chi connectivity index (χ3n) is 2.22. The third-order valence-corrected chi connectivity index (χ3v) is 2.57. The molecule has 0 radical (unpaired) electrons. The molecular weight excluding hydrogens is 302 g/mol. The van der Waals surface area contributed by atoms with E-state index in [-0.39, 0.29) is 0 Å². The number of carbonyl (C=O) groups is 2. The molecule has 1 rings (SSSR count). The Morgan fingerprint density at radius 3 is 2.39 bits per heavy atom. The molecule has 100 valence electrons. The van der Waals surface area contributed by atoms with Crippen molar-refractivity contribution < 1.29 is 19.1 Å². The van der Waals surface area contributed by atoms with E-state index >= 15 is 0 Å². The first kappa shape index (κ1) is 14.8. The molecule has 0 saturated heterocycles. The lowest BCUT2D eigenvalue weighted by Crippen LogP contribution is -2.12. The molecule has 0 amide bonds. The van der Waals surface area contributed by atoms with E-state index in [4.69, 9.17) is 9.47 Å².